The molecule has 3 aromatic rings. The predicted octanol–water partition coefficient (Wildman–Crippen LogP) is 5.38. The Hall–Kier alpha value is -2.95. The second kappa shape index (κ2) is 13.1. The molecule has 0 spiro atoms. The molecule has 0 radical (unpaired) electrons. The number of benzene rings is 2. The summed E-state index contributed by atoms with van der Waals surface area (Å²) in [5, 5.41) is 5.39. The van der Waals surface area contributed by atoms with Gasteiger partial charge in [0.2, 0.25) is 0 Å². The molecular weight excluding hydrogens is 600 g/mol. The zero-order valence-corrected chi connectivity index (χ0v) is 24.7. The number of rotatable bonds is 8. The average Bonchev–Trinajstić information content (AvgIpc) is 2.99. The fraction of sp³-hybridized carbons (Fsp3) is 0.448. The van der Waals surface area contributed by atoms with Crippen LogP contribution in [0.4, 0.5) is 0 Å². The van der Waals surface area contributed by atoms with Crippen molar-refractivity contribution in [2.45, 2.75) is 44.9 Å². The van der Waals surface area contributed by atoms with Crippen molar-refractivity contribution in [1.29, 1.82) is 0 Å². The van der Waals surface area contributed by atoms with E-state index in [1.54, 1.807) is 23.2 Å². The van der Waals surface area contributed by atoms with Crippen LogP contribution in [0, 0.1) is 0 Å². The zero-order valence-electron chi connectivity index (χ0n) is 22.4. The van der Waals surface area contributed by atoms with Crippen molar-refractivity contribution in [3.8, 4) is 11.5 Å². The normalized spacial score (nSPS) is 16.5. The maximum absolute atomic E-state index is 13.6. The SMILES string of the molecule is CCOc1cc(C=Nn2c(C3CCCCC3)nc3ccccc3c2=O)c(Br)c(Cl)c1OCC(=O)N1CCOCC1. The number of aromatic nitrogens is 2. The molecule has 212 valence electrons. The van der Waals surface area contributed by atoms with E-state index >= 15 is 0 Å². The molecule has 11 heteroatoms. The minimum atomic E-state index is -0.212. The highest BCUT2D eigenvalue weighted by Crippen LogP contribution is 2.42. The van der Waals surface area contributed by atoms with Gasteiger partial charge in [0.05, 0.1) is 36.9 Å². The lowest BCUT2D eigenvalue weighted by Gasteiger charge is -2.27. The van der Waals surface area contributed by atoms with Gasteiger partial charge in [-0.15, -0.1) is 0 Å². The number of ether oxygens (including phenoxy) is 3. The summed E-state index contributed by atoms with van der Waals surface area (Å²) in [6.45, 7) is 4.11. The highest BCUT2D eigenvalue weighted by atomic mass is 79.9. The number of hydrogen-bond donors (Lipinski definition) is 0. The summed E-state index contributed by atoms with van der Waals surface area (Å²) < 4.78 is 18.9. The first-order valence-electron chi connectivity index (χ1n) is 13.7. The summed E-state index contributed by atoms with van der Waals surface area (Å²) in [5.74, 6) is 1.33. The number of carbonyl (C=O) groups excluding carboxylic acids is 1. The average molecular weight is 632 g/mol. The molecule has 2 heterocycles. The van der Waals surface area contributed by atoms with Gasteiger partial charge in [-0.05, 0) is 53.9 Å². The number of hydrogen-bond acceptors (Lipinski definition) is 7. The van der Waals surface area contributed by atoms with Crippen LogP contribution in [0.1, 0.15) is 56.3 Å². The van der Waals surface area contributed by atoms with Gasteiger partial charge in [0.25, 0.3) is 11.5 Å². The lowest BCUT2D eigenvalue weighted by atomic mass is 9.88. The molecule has 40 heavy (non-hydrogen) atoms. The second-order valence-corrected chi connectivity index (χ2v) is 11.0. The van der Waals surface area contributed by atoms with Gasteiger partial charge in [-0.2, -0.15) is 9.78 Å². The summed E-state index contributed by atoms with van der Waals surface area (Å²) in [6, 6.07) is 9.08. The number of halogens is 2. The third-order valence-corrected chi connectivity index (χ3v) is 8.66. The summed E-state index contributed by atoms with van der Waals surface area (Å²) in [5.41, 5.74) is 1.06. The Labute approximate surface area is 246 Å². The molecule has 2 aromatic carbocycles. The van der Waals surface area contributed by atoms with Crippen LogP contribution in [-0.4, -0.2) is 66.2 Å². The van der Waals surface area contributed by atoms with Gasteiger partial charge in [0, 0.05) is 29.0 Å². The lowest BCUT2D eigenvalue weighted by molar-refractivity contribution is -0.137. The maximum Gasteiger partial charge on any atom is 0.282 e. The van der Waals surface area contributed by atoms with E-state index in [-0.39, 0.29) is 34.8 Å². The fourth-order valence-electron chi connectivity index (χ4n) is 5.13. The van der Waals surface area contributed by atoms with Crippen molar-refractivity contribution >= 4 is 50.6 Å². The zero-order chi connectivity index (χ0) is 28.1. The molecule has 0 N–H and O–H groups in total. The molecule has 9 nitrogen and oxygen atoms in total. The number of amides is 1. The van der Waals surface area contributed by atoms with Crippen LogP contribution in [0.15, 0.2) is 44.7 Å². The topological polar surface area (TPSA) is 95.2 Å². The van der Waals surface area contributed by atoms with Crippen LogP contribution in [0.2, 0.25) is 5.02 Å². The molecule has 5 rings (SSSR count). The van der Waals surface area contributed by atoms with Crippen molar-refractivity contribution in [2.75, 3.05) is 39.5 Å². The van der Waals surface area contributed by atoms with Gasteiger partial charge in [-0.3, -0.25) is 9.59 Å². The van der Waals surface area contributed by atoms with Crippen molar-refractivity contribution < 1.29 is 19.0 Å². The molecule has 2 aliphatic rings. The molecule has 0 unspecified atom stereocenters. The fourth-order valence-corrected chi connectivity index (χ4v) is 5.78. The van der Waals surface area contributed by atoms with E-state index in [9.17, 15) is 9.59 Å². The Morgan fingerprint density at radius 2 is 1.95 bits per heavy atom. The van der Waals surface area contributed by atoms with E-state index in [1.165, 1.54) is 11.1 Å². The van der Waals surface area contributed by atoms with E-state index in [4.69, 9.17) is 30.8 Å². The predicted molar refractivity (Wildman–Crippen MR) is 158 cm³/mol. The Balaban J connectivity index is 1.48. The molecule has 0 bridgehead atoms. The first kappa shape index (κ1) is 28.6. The van der Waals surface area contributed by atoms with Gasteiger partial charge < -0.3 is 19.1 Å². The maximum atomic E-state index is 13.6. The van der Waals surface area contributed by atoms with Crippen LogP contribution in [0.25, 0.3) is 10.9 Å². The van der Waals surface area contributed by atoms with Crippen molar-refractivity contribution in [3.05, 3.63) is 61.6 Å². The van der Waals surface area contributed by atoms with Crippen molar-refractivity contribution in [1.82, 2.24) is 14.6 Å². The number of para-hydroxylation sites is 1. The number of carbonyl (C=O) groups is 1. The first-order chi connectivity index (χ1) is 19.5. The molecule has 1 saturated heterocycles. The summed E-state index contributed by atoms with van der Waals surface area (Å²) >= 11 is 10.3. The molecule has 1 amide bonds. The molecule has 2 fully saturated rings. The van der Waals surface area contributed by atoms with Gasteiger partial charge in [-0.1, -0.05) is 43.0 Å². The monoisotopic (exact) mass is 630 g/mol. The van der Waals surface area contributed by atoms with Crippen LogP contribution in [-0.2, 0) is 9.53 Å². The molecule has 1 aliphatic heterocycles. The van der Waals surface area contributed by atoms with E-state index in [1.807, 2.05) is 25.1 Å². The Morgan fingerprint density at radius 1 is 1.20 bits per heavy atom. The van der Waals surface area contributed by atoms with Crippen molar-refractivity contribution in [3.63, 3.8) is 0 Å². The second-order valence-electron chi connectivity index (χ2n) is 9.82. The molecule has 0 atom stereocenters. The van der Waals surface area contributed by atoms with Crippen LogP contribution < -0.4 is 15.0 Å². The van der Waals surface area contributed by atoms with E-state index in [0.29, 0.717) is 65.4 Å². The molecule has 1 saturated carbocycles. The molecule has 1 aliphatic carbocycles. The highest BCUT2D eigenvalue weighted by Gasteiger charge is 2.24. The summed E-state index contributed by atoms with van der Waals surface area (Å²) in [4.78, 5) is 32.8. The number of nitrogens with zero attached hydrogens (tertiary/aromatic N) is 4. The smallest absolute Gasteiger partial charge is 0.282 e. The summed E-state index contributed by atoms with van der Waals surface area (Å²) in [7, 11) is 0. The highest BCUT2D eigenvalue weighted by molar-refractivity contribution is 9.10. The Kier molecular flexibility index (Phi) is 9.39. The summed E-state index contributed by atoms with van der Waals surface area (Å²) in [6.07, 6.45) is 6.91. The van der Waals surface area contributed by atoms with E-state index < -0.39 is 0 Å². The van der Waals surface area contributed by atoms with E-state index in [0.717, 1.165) is 25.7 Å². The van der Waals surface area contributed by atoms with Gasteiger partial charge in [-0.25, -0.2) is 4.98 Å². The Bertz CT molecular complexity index is 1470. The van der Waals surface area contributed by atoms with E-state index in [2.05, 4.69) is 21.0 Å². The van der Waals surface area contributed by atoms with Gasteiger partial charge in [0.1, 0.15) is 10.8 Å². The standard InChI is InChI=1S/C29H32BrClN4O5/c1-2-39-23-16-20(25(30)26(31)27(23)40-18-24(36)34-12-14-38-15-13-34)17-32-35-28(19-8-4-3-5-9-19)33-22-11-7-6-10-21(22)29(35)37/h6-7,10-11,16-17,19H,2-5,8-9,12-15,18H2,1H3. The van der Waals surface area contributed by atoms with Gasteiger partial charge in [0.15, 0.2) is 18.1 Å². The Morgan fingerprint density at radius 3 is 2.70 bits per heavy atom. The quantitative estimate of drug-likeness (QED) is 0.310. The lowest BCUT2D eigenvalue weighted by Crippen LogP contribution is -2.43. The van der Waals surface area contributed by atoms with Crippen LogP contribution >= 0.6 is 27.5 Å². The third-order valence-electron chi connectivity index (χ3n) is 7.22. The van der Waals surface area contributed by atoms with Crippen LogP contribution in [0.3, 0.4) is 0 Å². The third kappa shape index (κ3) is 6.19. The molecular formula is C29H32BrClN4O5. The first-order valence-corrected chi connectivity index (χ1v) is 14.8. The van der Waals surface area contributed by atoms with Gasteiger partial charge >= 0.3 is 0 Å². The molecule has 1 aromatic heterocycles. The minimum Gasteiger partial charge on any atom is -0.490 e. The minimum absolute atomic E-state index is 0.151. The van der Waals surface area contributed by atoms with Crippen molar-refractivity contribution in [2.24, 2.45) is 5.10 Å². The largest absolute Gasteiger partial charge is 0.490 e. The van der Waals surface area contributed by atoms with Crippen LogP contribution in [0.5, 0.6) is 11.5 Å². The number of morpholine rings is 1. The number of fused-ring (bicyclic) bond motifs is 1.